The molecule has 1 aromatic heterocycles. The minimum absolute atomic E-state index is 0.553. The second-order valence-electron chi connectivity index (χ2n) is 5.21. The van der Waals surface area contributed by atoms with E-state index in [4.69, 9.17) is 4.74 Å². The number of nitrogens with zero attached hydrogens (tertiary/aromatic N) is 2. The highest BCUT2D eigenvalue weighted by Crippen LogP contribution is 2.14. The van der Waals surface area contributed by atoms with Crippen molar-refractivity contribution in [3.63, 3.8) is 0 Å². The summed E-state index contributed by atoms with van der Waals surface area (Å²) in [4.78, 5) is 0. The van der Waals surface area contributed by atoms with Crippen molar-refractivity contribution in [3.8, 4) is 5.75 Å². The zero-order valence-corrected chi connectivity index (χ0v) is 13.2. The van der Waals surface area contributed by atoms with Gasteiger partial charge >= 0.3 is 0 Å². The average Bonchev–Trinajstić information content (AvgIpc) is 2.87. The van der Waals surface area contributed by atoms with E-state index in [1.807, 2.05) is 23.9 Å². The third-order valence-corrected chi connectivity index (χ3v) is 3.46. The standard InChI is InChI=1S/C17H25N3O/c1-4-10-18-12-14-6-8-17(9-7-14)21-13-16-11-15(5-2)19-20(16)3/h6-9,11,18H,4-5,10,12-13H2,1-3H3. The van der Waals surface area contributed by atoms with E-state index < -0.39 is 0 Å². The Hall–Kier alpha value is -1.81. The summed E-state index contributed by atoms with van der Waals surface area (Å²) in [6.07, 6.45) is 2.11. The SMILES string of the molecule is CCCNCc1ccc(OCc2cc(CC)nn2C)cc1. The number of hydrogen-bond acceptors (Lipinski definition) is 3. The van der Waals surface area contributed by atoms with Gasteiger partial charge in [0.05, 0.1) is 11.4 Å². The van der Waals surface area contributed by atoms with Crippen LogP contribution in [0, 0.1) is 0 Å². The van der Waals surface area contributed by atoms with Crippen LogP contribution in [-0.4, -0.2) is 16.3 Å². The van der Waals surface area contributed by atoms with Gasteiger partial charge in [-0.1, -0.05) is 26.0 Å². The normalized spacial score (nSPS) is 10.8. The van der Waals surface area contributed by atoms with E-state index in [0.717, 1.165) is 43.1 Å². The average molecular weight is 287 g/mol. The molecule has 1 aromatic carbocycles. The topological polar surface area (TPSA) is 39.1 Å². The summed E-state index contributed by atoms with van der Waals surface area (Å²) in [6.45, 7) is 6.80. The zero-order chi connectivity index (χ0) is 15.1. The molecule has 4 nitrogen and oxygen atoms in total. The molecule has 0 aliphatic heterocycles. The van der Waals surface area contributed by atoms with Crippen molar-refractivity contribution < 1.29 is 4.74 Å². The Morgan fingerprint density at radius 2 is 1.95 bits per heavy atom. The lowest BCUT2D eigenvalue weighted by molar-refractivity contribution is 0.295. The van der Waals surface area contributed by atoms with Crippen LogP contribution < -0.4 is 10.1 Å². The molecule has 0 fully saturated rings. The van der Waals surface area contributed by atoms with Crippen molar-refractivity contribution in [2.45, 2.75) is 39.8 Å². The van der Waals surface area contributed by atoms with E-state index in [1.165, 1.54) is 5.56 Å². The zero-order valence-electron chi connectivity index (χ0n) is 13.2. The summed E-state index contributed by atoms with van der Waals surface area (Å²) in [5, 5.41) is 7.82. The molecule has 1 heterocycles. The van der Waals surface area contributed by atoms with E-state index in [2.05, 4.69) is 42.5 Å². The number of aryl methyl sites for hydroxylation is 2. The van der Waals surface area contributed by atoms with E-state index in [-0.39, 0.29) is 0 Å². The van der Waals surface area contributed by atoms with Crippen molar-refractivity contribution in [2.24, 2.45) is 7.05 Å². The molecule has 0 bridgehead atoms. The highest BCUT2D eigenvalue weighted by Gasteiger charge is 2.04. The van der Waals surface area contributed by atoms with Crippen LogP contribution in [0.5, 0.6) is 5.75 Å². The fraction of sp³-hybridized carbons (Fsp3) is 0.471. The Kier molecular flexibility index (Phi) is 5.81. The van der Waals surface area contributed by atoms with Crippen LogP contribution in [0.25, 0.3) is 0 Å². The highest BCUT2D eigenvalue weighted by atomic mass is 16.5. The van der Waals surface area contributed by atoms with Crippen LogP contribution in [0.15, 0.2) is 30.3 Å². The van der Waals surface area contributed by atoms with Crippen molar-refractivity contribution in [1.29, 1.82) is 0 Å². The fourth-order valence-corrected chi connectivity index (χ4v) is 2.15. The lowest BCUT2D eigenvalue weighted by Crippen LogP contribution is -2.13. The molecule has 0 amide bonds. The maximum atomic E-state index is 5.83. The van der Waals surface area contributed by atoms with Crippen LogP contribution in [0.1, 0.15) is 37.2 Å². The predicted octanol–water partition coefficient (Wildman–Crippen LogP) is 3.06. The molecule has 114 valence electrons. The van der Waals surface area contributed by atoms with Gasteiger partial charge in [0.25, 0.3) is 0 Å². The molecular weight excluding hydrogens is 262 g/mol. The van der Waals surface area contributed by atoms with Gasteiger partial charge in [0.1, 0.15) is 12.4 Å². The summed E-state index contributed by atoms with van der Waals surface area (Å²) in [5.74, 6) is 0.897. The van der Waals surface area contributed by atoms with Crippen molar-refractivity contribution in [2.75, 3.05) is 6.54 Å². The molecule has 0 spiro atoms. The van der Waals surface area contributed by atoms with Crippen molar-refractivity contribution in [3.05, 3.63) is 47.3 Å². The molecule has 4 heteroatoms. The lowest BCUT2D eigenvalue weighted by Gasteiger charge is -2.08. The van der Waals surface area contributed by atoms with Gasteiger partial charge < -0.3 is 10.1 Å². The summed E-state index contributed by atoms with van der Waals surface area (Å²) in [5.41, 5.74) is 3.48. The van der Waals surface area contributed by atoms with Crippen LogP contribution in [0.3, 0.4) is 0 Å². The fourth-order valence-electron chi connectivity index (χ4n) is 2.15. The van der Waals surface area contributed by atoms with Gasteiger partial charge in [-0.15, -0.1) is 0 Å². The molecular formula is C17H25N3O. The monoisotopic (exact) mass is 287 g/mol. The van der Waals surface area contributed by atoms with Gasteiger partial charge in [-0.25, -0.2) is 0 Å². The van der Waals surface area contributed by atoms with Crippen molar-refractivity contribution in [1.82, 2.24) is 15.1 Å². The lowest BCUT2D eigenvalue weighted by atomic mass is 10.2. The first-order valence-corrected chi connectivity index (χ1v) is 7.67. The van der Waals surface area contributed by atoms with Crippen LogP contribution in [-0.2, 0) is 26.6 Å². The molecule has 2 rings (SSSR count). The smallest absolute Gasteiger partial charge is 0.130 e. The Morgan fingerprint density at radius 3 is 2.57 bits per heavy atom. The van der Waals surface area contributed by atoms with Gasteiger partial charge in [0.15, 0.2) is 0 Å². The number of benzene rings is 1. The molecule has 0 unspecified atom stereocenters. The summed E-state index contributed by atoms with van der Waals surface area (Å²) >= 11 is 0. The number of rotatable bonds is 8. The molecule has 0 atom stereocenters. The number of ether oxygens (including phenoxy) is 1. The van der Waals surface area contributed by atoms with E-state index in [9.17, 15) is 0 Å². The summed E-state index contributed by atoms with van der Waals surface area (Å²) < 4.78 is 7.72. The van der Waals surface area contributed by atoms with E-state index in [0.29, 0.717) is 6.61 Å². The molecule has 21 heavy (non-hydrogen) atoms. The maximum absolute atomic E-state index is 5.83. The third kappa shape index (κ3) is 4.60. The van der Waals surface area contributed by atoms with Gasteiger partial charge in [-0.05, 0) is 43.1 Å². The highest BCUT2D eigenvalue weighted by molar-refractivity contribution is 5.27. The molecule has 2 aromatic rings. The van der Waals surface area contributed by atoms with Crippen molar-refractivity contribution >= 4 is 0 Å². The van der Waals surface area contributed by atoms with Gasteiger partial charge in [0, 0.05) is 13.6 Å². The first-order valence-electron chi connectivity index (χ1n) is 7.67. The Balaban J connectivity index is 1.86. The van der Waals surface area contributed by atoms with Crippen LogP contribution >= 0.6 is 0 Å². The Bertz CT molecular complexity index is 546. The Morgan fingerprint density at radius 1 is 1.19 bits per heavy atom. The molecule has 0 saturated carbocycles. The van der Waals surface area contributed by atoms with E-state index >= 15 is 0 Å². The van der Waals surface area contributed by atoms with Crippen LogP contribution in [0.2, 0.25) is 0 Å². The summed E-state index contributed by atoms with van der Waals surface area (Å²) in [7, 11) is 1.96. The summed E-state index contributed by atoms with van der Waals surface area (Å²) in [6, 6.07) is 10.4. The van der Waals surface area contributed by atoms with Crippen LogP contribution in [0.4, 0.5) is 0 Å². The second kappa shape index (κ2) is 7.84. The quantitative estimate of drug-likeness (QED) is 0.758. The minimum Gasteiger partial charge on any atom is -0.487 e. The minimum atomic E-state index is 0.553. The van der Waals surface area contributed by atoms with Gasteiger partial charge in [-0.3, -0.25) is 4.68 Å². The molecule has 0 radical (unpaired) electrons. The number of hydrogen-bond donors (Lipinski definition) is 1. The first kappa shape index (κ1) is 15.6. The Labute approximate surface area is 127 Å². The molecule has 0 aliphatic carbocycles. The van der Waals surface area contributed by atoms with Gasteiger partial charge in [-0.2, -0.15) is 5.10 Å². The number of aromatic nitrogens is 2. The maximum Gasteiger partial charge on any atom is 0.130 e. The first-order chi connectivity index (χ1) is 10.2. The van der Waals surface area contributed by atoms with Gasteiger partial charge in [0.2, 0.25) is 0 Å². The van der Waals surface area contributed by atoms with E-state index in [1.54, 1.807) is 0 Å². The molecule has 1 N–H and O–H groups in total. The second-order valence-corrected chi connectivity index (χ2v) is 5.21. The third-order valence-electron chi connectivity index (χ3n) is 3.46. The molecule has 0 saturated heterocycles. The predicted molar refractivity (Wildman–Crippen MR) is 85.4 cm³/mol. The largest absolute Gasteiger partial charge is 0.487 e. The molecule has 0 aliphatic rings. The number of nitrogens with one attached hydrogen (secondary N) is 1.